The molecule has 3 unspecified atom stereocenters. The number of hydrogen-bond donors (Lipinski definition) is 2. The molecule has 2 aliphatic carbocycles. The molecule has 3 atom stereocenters. The summed E-state index contributed by atoms with van der Waals surface area (Å²) in [5.74, 6) is 0.904. The summed E-state index contributed by atoms with van der Waals surface area (Å²) in [6.45, 7) is 0. The zero-order chi connectivity index (χ0) is 11.4. The Morgan fingerprint density at radius 1 is 0.812 bits per heavy atom. The Hall–Kier alpha value is -0.340. The molecule has 0 bridgehead atoms. The summed E-state index contributed by atoms with van der Waals surface area (Å²) < 4.78 is 0. The first kappa shape index (κ1) is 12.1. The van der Waals surface area contributed by atoms with Gasteiger partial charge in [-0.25, -0.2) is 0 Å². The van der Waals surface area contributed by atoms with Gasteiger partial charge in [-0.05, 0) is 24.7 Å². The molecule has 0 aromatic heterocycles. The number of aliphatic hydroxyl groups excluding tert-OH is 2. The highest BCUT2D eigenvalue weighted by Gasteiger charge is 2.32. The van der Waals surface area contributed by atoms with E-state index < -0.39 is 12.2 Å². The molecule has 0 aliphatic heterocycles. The van der Waals surface area contributed by atoms with Gasteiger partial charge in [0.05, 0.1) is 12.2 Å². The van der Waals surface area contributed by atoms with Crippen LogP contribution in [-0.4, -0.2) is 22.4 Å². The van der Waals surface area contributed by atoms with E-state index in [4.69, 9.17) is 0 Å². The molecule has 2 rings (SSSR count). The molecule has 92 valence electrons. The zero-order valence-electron chi connectivity index (χ0n) is 10.0. The molecule has 2 nitrogen and oxygen atoms in total. The van der Waals surface area contributed by atoms with Gasteiger partial charge in [0.1, 0.15) is 0 Å². The lowest BCUT2D eigenvalue weighted by Crippen LogP contribution is -2.36. The molecule has 0 aromatic carbocycles. The topological polar surface area (TPSA) is 40.5 Å². The second kappa shape index (κ2) is 5.83. The average molecular weight is 224 g/mol. The quantitative estimate of drug-likeness (QED) is 0.531. The summed E-state index contributed by atoms with van der Waals surface area (Å²) >= 11 is 0. The normalized spacial score (nSPS) is 38.0. The fraction of sp³-hybridized carbons (Fsp3) is 0.857. The van der Waals surface area contributed by atoms with Crippen molar-refractivity contribution in [3.05, 3.63) is 12.2 Å². The van der Waals surface area contributed by atoms with Crippen LogP contribution in [0.1, 0.15) is 51.4 Å². The Labute approximate surface area is 98.4 Å². The third kappa shape index (κ3) is 2.86. The molecular weight excluding hydrogens is 200 g/mol. The van der Waals surface area contributed by atoms with E-state index in [0.717, 1.165) is 6.42 Å². The van der Waals surface area contributed by atoms with Crippen LogP contribution in [0, 0.1) is 11.8 Å². The maximum absolute atomic E-state index is 10.2. The summed E-state index contributed by atoms with van der Waals surface area (Å²) in [6, 6.07) is 0. The Balaban J connectivity index is 2.01. The zero-order valence-corrected chi connectivity index (χ0v) is 10.0. The van der Waals surface area contributed by atoms with E-state index in [1.54, 1.807) is 0 Å². The fourth-order valence-electron chi connectivity index (χ4n) is 3.26. The van der Waals surface area contributed by atoms with Gasteiger partial charge >= 0.3 is 0 Å². The van der Waals surface area contributed by atoms with Crippen molar-refractivity contribution in [1.82, 2.24) is 0 Å². The van der Waals surface area contributed by atoms with Crippen molar-refractivity contribution >= 4 is 0 Å². The van der Waals surface area contributed by atoms with E-state index in [0.29, 0.717) is 12.3 Å². The molecule has 2 aliphatic rings. The van der Waals surface area contributed by atoms with Gasteiger partial charge in [0, 0.05) is 0 Å². The maximum atomic E-state index is 10.2. The Morgan fingerprint density at radius 3 is 2.12 bits per heavy atom. The van der Waals surface area contributed by atoms with Crippen LogP contribution in [0.5, 0.6) is 0 Å². The summed E-state index contributed by atoms with van der Waals surface area (Å²) in [7, 11) is 0. The van der Waals surface area contributed by atoms with Crippen LogP contribution >= 0.6 is 0 Å². The minimum Gasteiger partial charge on any atom is -0.390 e. The highest BCUT2D eigenvalue weighted by atomic mass is 16.3. The summed E-state index contributed by atoms with van der Waals surface area (Å²) in [5, 5.41) is 20.0. The number of hydrogen-bond acceptors (Lipinski definition) is 2. The molecule has 0 saturated heterocycles. The third-order valence-electron chi connectivity index (χ3n) is 4.29. The maximum Gasteiger partial charge on any atom is 0.0836 e. The van der Waals surface area contributed by atoms with Gasteiger partial charge in [-0.2, -0.15) is 0 Å². The van der Waals surface area contributed by atoms with E-state index in [9.17, 15) is 10.2 Å². The Kier molecular flexibility index (Phi) is 4.42. The highest BCUT2D eigenvalue weighted by molar-refractivity contribution is 4.97. The van der Waals surface area contributed by atoms with Gasteiger partial charge in [0.25, 0.3) is 0 Å². The summed E-state index contributed by atoms with van der Waals surface area (Å²) in [6.07, 6.45) is 12.4. The molecule has 0 spiro atoms. The molecular formula is C14H24O2. The predicted molar refractivity (Wildman–Crippen MR) is 65.1 cm³/mol. The van der Waals surface area contributed by atoms with E-state index >= 15 is 0 Å². The second-order valence-electron chi connectivity index (χ2n) is 5.42. The smallest absolute Gasteiger partial charge is 0.0836 e. The molecule has 1 saturated carbocycles. The molecule has 16 heavy (non-hydrogen) atoms. The lowest BCUT2D eigenvalue weighted by Gasteiger charge is -2.30. The first-order valence-corrected chi connectivity index (χ1v) is 6.80. The largest absolute Gasteiger partial charge is 0.390 e. The van der Waals surface area contributed by atoms with Crippen molar-refractivity contribution in [2.24, 2.45) is 11.8 Å². The van der Waals surface area contributed by atoms with Gasteiger partial charge in [-0.15, -0.1) is 0 Å². The second-order valence-corrected chi connectivity index (χ2v) is 5.42. The minimum absolute atomic E-state index is 0.284. The van der Waals surface area contributed by atoms with E-state index in [-0.39, 0.29) is 5.92 Å². The predicted octanol–water partition coefficient (Wildman–Crippen LogP) is 2.64. The van der Waals surface area contributed by atoms with E-state index in [2.05, 4.69) is 6.08 Å². The number of allylic oxidation sites excluding steroid dienone is 1. The van der Waals surface area contributed by atoms with Crippen LogP contribution in [0.25, 0.3) is 0 Å². The monoisotopic (exact) mass is 224 g/mol. The van der Waals surface area contributed by atoms with E-state index in [1.165, 1.54) is 38.5 Å². The van der Waals surface area contributed by atoms with Gasteiger partial charge in [0.15, 0.2) is 0 Å². The van der Waals surface area contributed by atoms with Crippen molar-refractivity contribution in [3.8, 4) is 0 Å². The molecule has 1 fully saturated rings. The van der Waals surface area contributed by atoms with Crippen LogP contribution in [0.3, 0.4) is 0 Å². The molecule has 2 heteroatoms. The molecule has 2 N–H and O–H groups in total. The van der Waals surface area contributed by atoms with Crippen molar-refractivity contribution in [1.29, 1.82) is 0 Å². The summed E-state index contributed by atoms with van der Waals surface area (Å²) in [4.78, 5) is 0. The Morgan fingerprint density at radius 2 is 1.44 bits per heavy atom. The van der Waals surface area contributed by atoms with Crippen molar-refractivity contribution < 1.29 is 10.2 Å². The number of rotatable bonds is 1. The number of aliphatic hydroxyl groups is 2. The average Bonchev–Trinajstić information content (AvgIpc) is 2.63. The third-order valence-corrected chi connectivity index (χ3v) is 4.29. The molecule has 0 radical (unpaired) electrons. The van der Waals surface area contributed by atoms with Crippen molar-refractivity contribution in [2.45, 2.75) is 63.6 Å². The van der Waals surface area contributed by atoms with Crippen molar-refractivity contribution in [3.63, 3.8) is 0 Å². The van der Waals surface area contributed by atoms with Crippen LogP contribution in [0.2, 0.25) is 0 Å². The highest BCUT2D eigenvalue weighted by Crippen LogP contribution is 2.35. The van der Waals surface area contributed by atoms with Crippen LogP contribution in [0.4, 0.5) is 0 Å². The molecule has 0 amide bonds. The van der Waals surface area contributed by atoms with Crippen LogP contribution < -0.4 is 0 Å². The first-order valence-electron chi connectivity index (χ1n) is 6.80. The van der Waals surface area contributed by atoms with Crippen LogP contribution in [0.15, 0.2) is 12.2 Å². The molecule has 0 aromatic rings. The fourth-order valence-corrected chi connectivity index (χ4v) is 3.26. The Bertz CT molecular complexity index is 229. The van der Waals surface area contributed by atoms with Gasteiger partial charge in [0.2, 0.25) is 0 Å². The summed E-state index contributed by atoms with van der Waals surface area (Å²) in [5.41, 5.74) is 0. The SMILES string of the molecule is OC1CC=CCC(C2CCCCCC2)C1O. The van der Waals surface area contributed by atoms with Crippen LogP contribution in [-0.2, 0) is 0 Å². The van der Waals surface area contributed by atoms with Gasteiger partial charge in [-0.3, -0.25) is 0 Å². The minimum atomic E-state index is -0.549. The lowest BCUT2D eigenvalue weighted by atomic mass is 9.79. The van der Waals surface area contributed by atoms with Gasteiger partial charge < -0.3 is 10.2 Å². The lowest BCUT2D eigenvalue weighted by molar-refractivity contribution is -0.0310. The van der Waals surface area contributed by atoms with Gasteiger partial charge in [-0.1, -0.05) is 50.7 Å². The first-order chi connectivity index (χ1) is 7.79. The molecule has 0 heterocycles. The van der Waals surface area contributed by atoms with E-state index in [1.807, 2.05) is 6.08 Å². The standard InChI is InChI=1S/C14H24O2/c15-13-10-6-5-9-12(14(13)16)11-7-3-1-2-4-8-11/h5-6,11-16H,1-4,7-10H2. The van der Waals surface area contributed by atoms with Crippen molar-refractivity contribution in [2.75, 3.05) is 0 Å².